The molecule has 1 rings (SSSR count). The fraction of sp³-hybridized carbons (Fsp3) is 0.222. The van der Waals surface area contributed by atoms with E-state index < -0.39 is 0 Å². The van der Waals surface area contributed by atoms with Gasteiger partial charge in [-0.3, -0.25) is 4.79 Å². The highest BCUT2D eigenvalue weighted by Crippen LogP contribution is 2.13. The third kappa shape index (κ3) is 2.28. The van der Waals surface area contributed by atoms with Crippen LogP contribution in [0, 0.1) is 3.57 Å². The molecule has 64 valence electrons. The van der Waals surface area contributed by atoms with Crippen molar-refractivity contribution < 1.29 is 9.53 Å². The van der Waals surface area contributed by atoms with E-state index in [0.29, 0.717) is 6.61 Å². The summed E-state index contributed by atoms with van der Waals surface area (Å²) in [7, 11) is 1.65. The number of carbonyl (C=O) groups excluding carboxylic acids is 1. The Morgan fingerprint density at radius 1 is 1.58 bits per heavy atom. The second-order valence-corrected chi connectivity index (χ2v) is 3.57. The van der Waals surface area contributed by atoms with Gasteiger partial charge in [-0.25, -0.2) is 0 Å². The fourth-order valence-electron chi connectivity index (χ4n) is 0.923. The van der Waals surface area contributed by atoms with E-state index in [1.54, 1.807) is 7.11 Å². The van der Waals surface area contributed by atoms with E-state index >= 15 is 0 Å². The first-order chi connectivity index (χ1) is 5.77. The van der Waals surface area contributed by atoms with Crippen LogP contribution < -0.4 is 0 Å². The average molecular weight is 276 g/mol. The van der Waals surface area contributed by atoms with Crippen LogP contribution in [0.3, 0.4) is 0 Å². The van der Waals surface area contributed by atoms with Gasteiger partial charge in [0.05, 0.1) is 6.61 Å². The maximum absolute atomic E-state index is 10.5. The lowest BCUT2D eigenvalue weighted by Crippen LogP contribution is -1.91. The highest BCUT2D eigenvalue weighted by molar-refractivity contribution is 14.1. The Balaban J connectivity index is 2.93. The normalized spacial score (nSPS) is 9.83. The number of aldehydes is 1. The third-order valence-corrected chi connectivity index (χ3v) is 2.44. The molecule has 0 spiro atoms. The van der Waals surface area contributed by atoms with Gasteiger partial charge in [0, 0.05) is 16.2 Å². The topological polar surface area (TPSA) is 26.3 Å². The molecule has 0 atom stereocenters. The van der Waals surface area contributed by atoms with Crippen molar-refractivity contribution in [1.82, 2.24) is 0 Å². The lowest BCUT2D eigenvalue weighted by Gasteiger charge is -2.01. The van der Waals surface area contributed by atoms with Gasteiger partial charge < -0.3 is 4.74 Å². The smallest absolute Gasteiger partial charge is 0.151 e. The number of carbonyl (C=O) groups is 1. The van der Waals surface area contributed by atoms with Crippen molar-refractivity contribution in [3.05, 3.63) is 32.9 Å². The molecule has 0 unspecified atom stereocenters. The Hall–Kier alpha value is -0.420. The second kappa shape index (κ2) is 4.57. The summed E-state index contributed by atoms with van der Waals surface area (Å²) >= 11 is 2.14. The Labute approximate surface area is 85.1 Å². The Morgan fingerprint density at radius 2 is 2.33 bits per heavy atom. The van der Waals surface area contributed by atoms with Gasteiger partial charge in [-0.2, -0.15) is 0 Å². The van der Waals surface area contributed by atoms with E-state index in [1.807, 2.05) is 18.2 Å². The van der Waals surface area contributed by atoms with Gasteiger partial charge in [0.1, 0.15) is 0 Å². The summed E-state index contributed by atoms with van der Waals surface area (Å²) in [6.07, 6.45) is 0.859. The molecule has 1 aromatic carbocycles. The molecule has 0 aliphatic rings. The summed E-state index contributed by atoms with van der Waals surface area (Å²) in [5.74, 6) is 0. The first kappa shape index (κ1) is 9.67. The molecule has 0 N–H and O–H groups in total. The minimum absolute atomic E-state index is 0.592. The van der Waals surface area contributed by atoms with E-state index in [9.17, 15) is 4.79 Å². The van der Waals surface area contributed by atoms with Gasteiger partial charge in [-0.1, -0.05) is 12.1 Å². The van der Waals surface area contributed by atoms with Gasteiger partial charge in [0.2, 0.25) is 0 Å². The fourth-order valence-corrected chi connectivity index (χ4v) is 1.63. The first-order valence-electron chi connectivity index (χ1n) is 3.50. The standard InChI is InChI=1S/C9H9IO2/c1-12-6-7-2-3-8(5-11)9(10)4-7/h2-5H,6H2,1H3. The van der Waals surface area contributed by atoms with Crippen LogP contribution in [0.1, 0.15) is 15.9 Å². The summed E-state index contributed by atoms with van der Waals surface area (Å²) in [5.41, 5.74) is 1.82. The SMILES string of the molecule is COCc1ccc(C=O)c(I)c1. The summed E-state index contributed by atoms with van der Waals surface area (Å²) in [5, 5.41) is 0. The number of rotatable bonds is 3. The molecule has 0 aromatic heterocycles. The van der Waals surface area contributed by atoms with Gasteiger partial charge >= 0.3 is 0 Å². The molecule has 0 radical (unpaired) electrons. The van der Waals surface area contributed by atoms with Crippen molar-refractivity contribution in [2.75, 3.05) is 7.11 Å². The van der Waals surface area contributed by atoms with Crippen molar-refractivity contribution in [2.24, 2.45) is 0 Å². The van der Waals surface area contributed by atoms with Crippen LogP contribution in [0.15, 0.2) is 18.2 Å². The van der Waals surface area contributed by atoms with E-state index in [0.717, 1.165) is 21.0 Å². The van der Waals surface area contributed by atoms with Crippen molar-refractivity contribution in [1.29, 1.82) is 0 Å². The molecule has 0 fully saturated rings. The first-order valence-corrected chi connectivity index (χ1v) is 4.58. The molecular formula is C9H9IO2. The number of benzene rings is 1. The predicted octanol–water partition coefficient (Wildman–Crippen LogP) is 2.25. The van der Waals surface area contributed by atoms with Crippen LogP contribution in [0.5, 0.6) is 0 Å². The quantitative estimate of drug-likeness (QED) is 0.625. The van der Waals surface area contributed by atoms with Crippen molar-refractivity contribution in [3.63, 3.8) is 0 Å². The molecule has 2 nitrogen and oxygen atoms in total. The lowest BCUT2D eigenvalue weighted by molar-refractivity contribution is 0.112. The number of hydrogen-bond donors (Lipinski definition) is 0. The average Bonchev–Trinajstić information content (AvgIpc) is 2.05. The molecule has 3 heteroatoms. The summed E-state index contributed by atoms with van der Waals surface area (Å²) in [6.45, 7) is 0.592. The number of ether oxygens (including phenoxy) is 1. The number of hydrogen-bond acceptors (Lipinski definition) is 2. The van der Waals surface area contributed by atoms with Crippen molar-refractivity contribution >= 4 is 28.9 Å². The maximum Gasteiger partial charge on any atom is 0.151 e. The Morgan fingerprint density at radius 3 is 2.83 bits per heavy atom. The van der Waals surface area contributed by atoms with Crippen LogP contribution in [-0.4, -0.2) is 13.4 Å². The number of halogens is 1. The monoisotopic (exact) mass is 276 g/mol. The zero-order valence-electron chi connectivity index (χ0n) is 6.71. The van der Waals surface area contributed by atoms with Crippen LogP contribution in [0.25, 0.3) is 0 Å². The van der Waals surface area contributed by atoms with E-state index in [1.165, 1.54) is 0 Å². The molecule has 0 aliphatic heterocycles. The zero-order chi connectivity index (χ0) is 8.97. The van der Waals surface area contributed by atoms with Gasteiger partial charge in [-0.05, 0) is 34.2 Å². The number of methoxy groups -OCH3 is 1. The molecule has 0 saturated heterocycles. The molecular weight excluding hydrogens is 267 g/mol. The molecule has 0 bridgehead atoms. The third-order valence-electron chi connectivity index (χ3n) is 1.50. The van der Waals surface area contributed by atoms with Crippen LogP contribution in [0.2, 0.25) is 0 Å². The van der Waals surface area contributed by atoms with Gasteiger partial charge in [-0.15, -0.1) is 0 Å². The van der Waals surface area contributed by atoms with E-state index in [4.69, 9.17) is 4.74 Å². The summed E-state index contributed by atoms with van der Waals surface area (Å²) in [6, 6.07) is 5.66. The lowest BCUT2D eigenvalue weighted by atomic mass is 10.2. The summed E-state index contributed by atoms with van der Waals surface area (Å²) < 4.78 is 5.93. The minimum Gasteiger partial charge on any atom is -0.380 e. The molecule has 0 saturated carbocycles. The highest BCUT2D eigenvalue weighted by atomic mass is 127. The largest absolute Gasteiger partial charge is 0.380 e. The molecule has 1 aromatic rings. The molecule has 12 heavy (non-hydrogen) atoms. The predicted molar refractivity (Wildman–Crippen MR) is 55.3 cm³/mol. The maximum atomic E-state index is 10.5. The highest BCUT2D eigenvalue weighted by Gasteiger charge is 1.99. The van der Waals surface area contributed by atoms with Crippen LogP contribution in [-0.2, 0) is 11.3 Å². The minimum atomic E-state index is 0.592. The van der Waals surface area contributed by atoms with Crippen molar-refractivity contribution in [3.8, 4) is 0 Å². The van der Waals surface area contributed by atoms with E-state index in [2.05, 4.69) is 22.6 Å². The van der Waals surface area contributed by atoms with Gasteiger partial charge in [0.15, 0.2) is 6.29 Å². The van der Waals surface area contributed by atoms with Crippen molar-refractivity contribution in [2.45, 2.75) is 6.61 Å². The zero-order valence-corrected chi connectivity index (χ0v) is 8.87. The molecule has 0 aliphatic carbocycles. The Bertz CT molecular complexity index is 284. The summed E-state index contributed by atoms with van der Waals surface area (Å²) in [4.78, 5) is 10.5. The van der Waals surface area contributed by atoms with Crippen LogP contribution >= 0.6 is 22.6 Å². The van der Waals surface area contributed by atoms with Crippen LogP contribution in [0.4, 0.5) is 0 Å². The molecule has 0 amide bonds. The second-order valence-electron chi connectivity index (χ2n) is 2.41. The van der Waals surface area contributed by atoms with Gasteiger partial charge in [0.25, 0.3) is 0 Å². The van der Waals surface area contributed by atoms with E-state index in [-0.39, 0.29) is 0 Å². The Kier molecular flexibility index (Phi) is 3.68. The molecule has 0 heterocycles.